The molecule has 3 N–H and O–H groups in total. The van der Waals surface area contributed by atoms with Crippen LogP contribution in [0, 0.1) is 5.82 Å². The summed E-state index contributed by atoms with van der Waals surface area (Å²) in [6.07, 6.45) is 0. The highest BCUT2D eigenvalue weighted by atomic mass is 35.5. The van der Waals surface area contributed by atoms with E-state index in [0.717, 1.165) is 11.6 Å². The van der Waals surface area contributed by atoms with Gasteiger partial charge in [-0.25, -0.2) is 12.8 Å². The molecule has 0 radical (unpaired) electrons. The lowest BCUT2D eigenvalue weighted by Crippen LogP contribution is -2.15. The van der Waals surface area contributed by atoms with E-state index in [1.807, 2.05) is 0 Å². The molecule has 0 aliphatic carbocycles. The molecule has 0 aliphatic rings. The zero-order valence-electron chi connectivity index (χ0n) is 11.0. The van der Waals surface area contributed by atoms with Gasteiger partial charge < -0.3 is 5.73 Å². The lowest BCUT2D eigenvalue weighted by molar-refractivity contribution is 0.600. The van der Waals surface area contributed by atoms with Crippen LogP contribution in [0.2, 0.25) is 5.02 Å². The first-order valence-electron chi connectivity index (χ1n) is 6.13. The predicted molar refractivity (Wildman–Crippen MR) is 82.0 cm³/mol. The Morgan fingerprint density at radius 1 is 1.10 bits per heavy atom. The van der Waals surface area contributed by atoms with Gasteiger partial charge in [-0.05, 0) is 29.3 Å². The van der Waals surface area contributed by atoms with E-state index in [1.165, 1.54) is 12.1 Å². The molecule has 112 valence electrons. The van der Waals surface area contributed by atoms with E-state index in [2.05, 4.69) is 4.72 Å². The lowest BCUT2D eigenvalue weighted by Gasteiger charge is -2.09. The average Bonchev–Trinajstić information content (AvgIpc) is 2.43. The molecule has 0 heterocycles. The maximum Gasteiger partial charge on any atom is 0.236 e. The standard InChI is InChI=1S/C14H14ClFN2O2S/c15-13-6-5-12(7-14(13)16)18-21(19,20)9-11-3-1-10(8-17)2-4-11/h1-7,18H,8-9,17H2. The van der Waals surface area contributed by atoms with Crippen LogP contribution in [0.4, 0.5) is 10.1 Å². The van der Waals surface area contributed by atoms with Crippen molar-refractivity contribution in [2.45, 2.75) is 12.3 Å². The zero-order chi connectivity index (χ0) is 15.5. The van der Waals surface area contributed by atoms with E-state index in [9.17, 15) is 12.8 Å². The molecule has 0 amide bonds. The van der Waals surface area contributed by atoms with Crippen molar-refractivity contribution in [1.29, 1.82) is 0 Å². The molecule has 0 saturated heterocycles. The van der Waals surface area contributed by atoms with E-state index in [0.29, 0.717) is 12.1 Å². The summed E-state index contributed by atoms with van der Waals surface area (Å²) in [5.41, 5.74) is 7.15. The average molecular weight is 329 g/mol. The van der Waals surface area contributed by atoms with Crippen LogP contribution < -0.4 is 10.5 Å². The monoisotopic (exact) mass is 328 g/mol. The van der Waals surface area contributed by atoms with E-state index >= 15 is 0 Å². The van der Waals surface area contributed by atoms with Crippen molar-refractivity contribution in [2.24, 2.45) is 5.73 Å². The number of anilines is 1. The Morgan fingerprint density at radius 2 is 1.71 bits per heavy atom. The summed E-state index contributed by atoms with van der Waals surface area (Å²) in [6.45, 7) is 0.398. The Morgan fingerprint density at radius 3 is 2.29 bits per heavy atom. The van der Waals surface area contributed by atoms with Crippen molar-refractivity contribution >= 4 is 27.3 Å². The molecule has 2 aromatic rings. The minimum atomic E-state index is -3.63. The van der Waals surface area contributed by atoms with E-state index in [4.69, 9.17) is 17.3 Å². The fourth-order valence-electron chi connectivity index (χ4n) is 1.77. The van der Waals surface area contributed by atoms with Gasteiger partial charge >= 0.3 is 0 Å². The number of nitrogens with one attached hydrogen (secondary N) is 1. The molecule has 0 unspecified atom stereocenters. The van der Waals surface area contributed by atoms with Gasteiger partial charge in [-0.3, -0.25) is 4.72 Å². The third kappa shape index (κ3) is 4.42. The first-order chi connectivity index (χ1) is 9.89. The van der Waals surface area contributed by atoms with Gasteiger partial charge in [-0.1, -0.05) is 35.9 Å². The van der Waals surface area contributed by atoms with Crippen LogP contribution in [-0.4, -0.2) is 8.42 Å². The van der Waals surface area contributed by atoms with Crippen molar-refractivity contribution in [3.8, 4) is 0 Å². The van der Waals surface area contributed by atoms with Gasteiger partial charge in [0.05, 0.1) is 16.5 Å². The van der Waals surface area contributed by atoms with Crippen LogP contribution in [0.5, 0.6) is 0 Å². The minimum Gasteiger partial charge on any atom is -0.326 e. The number of rotatable bonds is 5. The van der Waals surface area contributed by atoms with Crippen LogP contribution in [0.15, 0.2) is 42.5 Å². The van der Waals surface area contributed by atoms with Crippen molar-refractivity contribution in [3.63, 3.8) is 0 Å². The normalized spacial score (nSPS) is 11.4. The van der Waals surface area contributed by atoms with Crippen LogP contribution >= 0.6 is 11.6 Å². The third-order valence-corrected chi connectivity index (χ3v) is 4.37. The van der Waals surface area contributed by atoms with E-state index in [-0.39, 0.29) is 16.5 Å². The maximum atomic E-state index is 13.3. The molecular weight excluding hydrogens is 315 g/mol. The van der Waals surface area contributed by atoms with Gasteiger partial charge in [-0.2, -0.15) is 0 Å². The second-order valence-electron chi connectivity index (χ2n) is 4.51. The summed E-state index contributed by atoms with van der Waals surface area (Å²) < 4.78 is 39.7. The first-order valence-corrected chi connectivity index (χ1v) is 8.16. The summed E-state index contributed by atoms with van der Waals surface area (Å²) in [5, 5.41) is -0.0599. The summed E-state index contributed by atoms with van der Waals surface area (Å²) >= 11 is 5.55. The largest absolute Gasteiger partial charge is 0.326 e. The van der Waals surface area contributed by atoms with Crippen LogP contribution in [0.1, 0.15) is 11.1 Å². The molecule has 0 aromatic heterocycles. The smallest absolute Gasteiger partial charge is 0.236 e. The van der Waals surface area contributed by atoms with Gasteiger partial charge in [0.25, 0.3) is 0 Å². The molecule has 0 spiro atoms. The Kier molecular flexibility index (Phi) is 4.82. The summed E-state index contributed by atoms with van der Waals surface area (Å²) in [6, 6.07) is 10.7. The maximum absolute atomic E-state index is 13.3. The molecule has 2 aromatic carbocycles. The molecular formula is C14H14ClFN2O2S. The van der Waals surface area contributed by atoms with Crippen molar-refractivity contribution in [1.82, 2.24) is 0 Å². The fraction of sp³-hybridized carbons (Fsp3) is 0.143. The van der Waals surface area contributed by atoms with Gasteiger partial charge in [-0.15, -0.1) is 0 Å². The van der Waals surface area contributed by atoms with Crippen LogP contribution in [0.3, 0.4) is 0 Å². The summed E-state index contributed by atoms with van der Waals surface area (Å²) in [7, 11) is -3.63. The number of halogens is 2. The fourth-order valence-corrected chi connectivity index (χ4v) is 3.07. The van der Waals surface area contributed by atoms with Crippen LogP contribution in [0.25, 0.3) is 0 Å². The highest BCUT2D eigenvalue weighted by Crippen LogP contribution is 2.20. The van der Waals surface area contributed by atoms with Gasteiger partial charge in [0.15, 0.2) is 0 Å². The summed E-state index contributed by atoms with van der Waals surface area (Å²) in [4.78, 5) is 0. The molecule has 4 nitrogen and oxygen atoms in total. The molecule has 0 aliphatic heterocycles. The molecule has 0 fully saturated rings. The highest BCUT2D eigenvalue weighted by molar-refractivity contribution is 7.91. The molecule has 2 rings (SSSR count). The summed E-state index contributed by atoms with van der Waals surface area (Å²) in [5.74, 6) is -0.883. The number of hydrogen-bond donors (Lipinski definition) is 2. The van der Waals surface area contributed by atoms with E-state index < -0.39 is 15.8 Å². The SMILES string of the molecule is NCc1ccc(CS(=O)(=O)Nc2ccc(Cl)c(F)c2)cc1. The zero-order valence-corrected chi connectivity index (χ0v) is 12.6. The topological polar surface area (TPSA) is 72.2 Å². The highest BCUT2D eigenvalue weighted by Gasteiger charge is 2.13. The Balaban J connectivity index is 2.12. The van der Waals surface area contributed by atoms with Crippen molar-refractivity contribution in [2.75, 3.05) is 4.72 Å². The second kappa shape index (κ2) is 6.43. The lowest BCUT2D eigenvalue weighted by atomic mass is 10.1. The Hall–Kier alpha value is -1.63. The number of nitrogens with two attached hydrogens (primary N) is 1. The predicted octanol–water partition coefficient (Wildman–Crippen LogP) is 2.88. The quantitative estimate of drug-likeness (QED) is 0.886. The Bertz CT molecular complexity index is 733. The molecule has 0 atom stereocenters. The van der Waals surface area contributed by atoms with Crippen molar-refractivity contribution in [3.05, 3.63) is 64.4 Å². The number of hydrogen-bond acceptors (Lipinski definition) is 3. The molecule has 21 heavy (non-hydrogen) atoms. The Labute approximate surface area is 127 Å². The molecule has 7 heteroatoms. The molecule has 0 saturated carbocycles. The second-order valence-corrected chi connectivity index (χ2v) is 6.64. The number of sulfonamides is 1. The van der Waals surface area contributed by atoms with Crippen LogP contribution in [-0.2, 0) is 22.3 Å². The van der Waals surface area contributed by atoms with Gasteiger partial charge in [0.1, 0.15) is 5.82 Å². The molecule has 0 bridgehead atoms. The first kappa shape index (κ1) is 15.8. The van der Waals surface area contributed by atoms with Crippen molar-refractivity contribution < 1.29 is 12.8 Å². The third-order valence-electron chi connectivity index (χ3n) is 2.81. The van der Waals surface area contributed by atoms with E-state index in [1.54, 1.807) is 24.3 Å². The van der Waals surface area contributed by atoms with Gasteiger partial charge in [0.2, 0.25) is 10.0 Å². The van der Waals surface area contributed by atoms with Gasteiger partial charge in [0, 0.05) is 6.54 Å². The number of benzene rings is 2. The minimum absolute atomic E-state index is 0.0599.